The molecule has 0 N–H and O–H groups in total. The van der Waals surface area contributed by atoms with Crippen LogP contribution in [0.1, 0.15) is 12.8 Å². The summed E-state index contributed by atoms with van der Waals surface area (Å²) in [5.74, 6) is -0.353. The molecule has 3 aliphatic rings. The number of alkyl halides is 3. The van der Waals surface area contributed by atoms with Crippen molar-refractivity contribution in [1.29, 1.82) is 0 Å². The molecule has 126 valence electrons. The van der Waals surface area contributed by atoms with Crippen molar-refractivity contribution >= 4 is 46.7 Å². The molecule has 0 heterocycles. The van der Waals surface area contributed by atoms with E-state index in [1.165, 1.54) is 0 Å². The summed E-state index contributed by atoms with van der Waals surface area (Å²) in [7, 11) is -3.75. The standard InChI is InChI=1S/C12H17BrCl2NO5P/c13-12(16(17)18)10-3-1-9(2-4-10)11(12)22(19,20-7-5-14)21-8-6-15/h1,3,9-11H,2,4-8H2. The van der Waals surface area contributed by atoms with Crippen LogP contribution in [0.4, 0.5) is 0 Å². The maximum absolute atomic E-state index is 13.3. The van der Waals surface area contributed by atoms with Crippen molar-refractivity contribution < 1.29 is 18.5 Å². The van der Waals surface area contributed by atoms with E-state index in [0.717, 1.165) is 0 Å². The van der Waals surface area contributed by atoms with Crippen LogP contribution in [0, 0.1) is 22.0 Å². The monoisotopic (exact) mass is 435 g/mol. The van der Waals surface area contributed by atoms with Crippen LogP contribution in [0.2, 0.25) is 0 Å². The minimum Gasteiger partial charge on any atom is -0.307 e. The first-order valence-corrected chi connectivity index (χ1v) is 10.4. The van der Waals surface area contributed by atoms with Crippen LogP contribution in [-0.2, 0) is 13.6 Å². The molecule has 0 aliphatic heterocycles. The van der Waals surface area contributed by atoms with E-state index < -0.39 is 22.6 Å². The normalized spacial score (nSPS) is 34.0. The fraction of sp³-hybridized carbons (Fsp3) is 0.833. The average molecular weight is 437 g/mol. The van der Waals surface area contributed by atoms with E-state index in [1.807, 2.05) is 12.2 Å². The first-order valence-electron chi connectivity index (χ1n) is 6.92. The van der Waals surface area contributed by atoms with Gasteiger partial charge in [0.1, 0.15) is 5.66 Å². The Hall–Kier alpha value is 0.350. The number of nitrogens with zero attached hydrogens (tertiary/aromatic N) is 1. The van der Waals surface area contributed by atoms with Crippen LogP contribution in [0.3, 0.4) is 0 Å². The Labute approximate surface area is 147 Å². The minimum absolute atomic E-state index is 0.000482. The molecule has 6 nitrogen and oxygen atoms in total. The van der Waals surface area contributed by atoms with Crippen LogP contribution in [0.5, 0.6) is 0 Å². The highest BCUT2D eigenvalue weighted by atomic mass is 79.9. The first-order chi connectivity index (χ1) is 10.4. The van der Waals surface area contributed by atoms with Gasteiger partial charge in [-0.05, 0) is 18.8 Å². The van der Waals surface area contributed by atoms with Crippen molar-refractivity contribution in [2.75, 3.05) is 25.0 Å². The lowest BCUT2D eigenvalue weighted by molar-refractivity contribution is -0.547. The molecule has 22 heavy (non-hydrogen) atoms. The third-order valence-corrected chi connectivity index (χ3v) is 8.64. The smallest absolute Gasteiger partial charge is 0.307 e. The lowest BCUT2D eigenvalue weighted by Crippen LogP contribution is -2.57. The lowest BCUT2D eigenvalue weighted by atomic mass is 9.72. The van der Waals surface area contributed by atoms with E-state index in [-0.39, 0.29) is 36.8 Å². The van der Waals surface area contributed by atoms with Gasteiger partial charge in [0, 0.05) is 32.6 Å². The van der Waals surface area contributed by atoms with E-state index in [9.17, 15) is 14.7 Å². The second-order valence-electron chi connectivity index (χ2n) is 5.25. The van der Waals surface area contributed by atoms with Crippen molar-refractivity contribution in [3.63, 3.8) is 0 Å². The van der Waals surface area contributed by atoms with Gasteiger partial charge in [0.2, 0.25) is 0 Å². The molecule has 4 atom stereocenters. The van der Waals surface area contributed by atoms with Gasteiger partial charge in [-0.25, -0.2) is 0 Å². The highest BCUT2D eigenvalue weighted by molar-refractivity contribution is 9.10. The Morgan fingerprint density at radius 3 is 2.27 bits per heavy atom. The number of hydrogen-bond acceptors (Lipinski definition) is 5. The molecule has 0 aromatic heterocycles. The number of hydrogen-bond donors (Lipinski definition) is 0. The molecule has 3 aliphatic carbocycles. The average Bonchev–Trinajstić information content (AvgIpc) is 2.51. The lowest BCUT2D eigenvalue weighted by Gasteiger charge is -2.46. The van der Waals surface area contributed by atoms with Crippen molar-refractivity contribution in [1.82, 2.24) is 0 Å². The van der Waals surface area contributed by atoms with Gasteiger partial charge in [0.05, 0.1) is 19.1 Å². The Bertz CT molecular complexity index is 496. The molecular weight excluding hydrogens is 420 g/mol. The summed E-state index contributed by atoms with van der Waals surface area (Å²) < 4.78 is 22.5. The maximum Gasteiger partial charge on any atom is 0.342 e. The minimum atomic E-state index is -3.75. The second-order valence-corrected chi connectivity index (χ2v) is 9.43. The van der Waals surface area contributed by atoms with E-state index in [0.29, 0.717) is 12.8 Å². The summed E-state index contributed by atoms with van der Waals surface area (Å²) in [6, 6.07) is 0. The third kappa shape index (κ3) is 3.26. The SMILES string of the molecule is O=[N+]([O-])C1(Br)C2C=CC(CC2)C1P(=O)(OCCCl)OCCCl. The summed E-state index contributed by atoms with van der Waals surface area (Å²) in [5.41, 5.74) is -0.898. The van der Waals surface area contributed by atoms with Gasteiger partial charge in [-0.3, -0.25) is 14.7 Å². The number of halogens is 3. The van der Waals surface area contributed by atoms with Crippen molar-refractivity contribution in [3.8, 4) is 0 Å². The molecule has 10 heteroatoms. The molecule has 1 saturated carbocycles. The Morgan fingerprint density at radius 2 is 1.86 bits per heavy atom. The number of nitro groups is 1. The summed E-state index contributed by atoms with van der Waals surface area (Å²) in [6.45, 7) is -0.000964. The molecule has 0 spiro atoms. The maximum atomic E-state index is 13.3. The molecule has 0 aromatic carbocycles. The van der Waals surface area contributed by atoms with Crippen LogP contribution in [0.15, 0.2) is 12.2 Å². The van der Waals surface area contributed by atoms with E-state index in [4.69, 9.17) is 32.2 Å². The Morgan fingerprint density at radius 1 is 1.27 bits per heavy atom. The number of fused-ring (bicyclic) bond motifs is 2. The van der Waals surface area contributed by atoms with E-state index >= 15 is 0 Å². The molecule has 0 amide bonds. The Balaban J connectivity index is 2.41. The number of allylic oxidation sites excluding steroid dienone is 1. The Kier molecular flexibility index (Phi) is 6.36. The fourth-order valence-electron chi connectivity index (χ4n) is 3.18. The molecule has 2 bridgehead atoms. The van der Waals surface area contributed by atoms with E-state index in [2.05, 4.69) is 15.9 Å². The molecule has 0 saturated heterocycles. The topological polar surface area (TPSA) is 78.7 Å². The van der Waals surface area contributed by atoms with E-state index in [1.54, 1.807) is 0 Å². The quantitative estimate of drug-likeness (QED) is 0.143. The predicted molar refractivity (Wildman–Crippen MR) is 88.7 cm³/mol. The highest BCUT2D eigenvalue weighted by Gasteiger charge is 2.67. The van der Waals surface area contributed by atoms with Crippen molar-refractivity contribution in [2.24, 2.45) is 11.8 Å². The molecule has 0 aromatic rings. The predicted octanol–water partition coefficient (Wildman–Crippen LogP) is 4.02. The van der Waals surface area contributed by atoms with Crippen molar-refractivity contribution in [2.45, 2.75) is 22.9 Å². The van der Waals surface area contributed by atoms with Gasteiger partial charge in [0.15, 0.2) is 0 Å². The van der Waals surface area contributed by atoms with Gasteiger partial charge in [-0.2, -0.15) is 0 Å². The molecule has 0 radical (unpaired) electrons. The van der Waals surface area contributed by atoms with Gasteiger partial charge < -0.3 is 9.05 Å². The first kappa shape index (κ1) is 18.7. The molecule has 3 rings (SSSR count). The summed E-state index contributed by atoms with van der Waals surface area (Å²) in [4.78, 5) is 11.3. The zero-order chi connectivity index (χ0) is 16.4. The largest absolute Gasteiger partial charge is 0.342 e. The van der Waals surface area contributed by atoms with Crippen LogP contribution in [0.25, 0.3) is 0 Å². The highest BCUT2D eigenvalue weighted by Crippen LogP contribution is 2.67. The second kappa shape index (κ2) is 7.49. The summed E-state index contributed by atoms with van der Waals surface area (Å²) >= 11 is 14.5. The zero-order valence-corrected chi connectivity index (χ0v) is 15.7. The zero-order valence-electron chi connectivity index (χ0n) is 11.7. The fourth-order valence-corrected chi connectivity index (χ4v) is 7.56. The van der Waals surface area contributed by atoms with Gasteiger partial charge >= 0.3 is 7.60 Å². The third-order valence-electron chi connectivity index (χ3n) is 4.06. The van der Waals surface area contributed by atoms with Gasteiger partial charge in [-0.1, -0.05) is 12.2 Å². The van der Waals surface area contributed by atoms with Crippen LogP contribution >= 0.6 is 46.7 Å². The van der Waals surface area contributed by atoms with Gasteiger partial charge in [-0.15, -0.1) is 23.2 Å². The summed E-state index contributed by atoms with van der Waals surface area (Å²) in [5, 5.41) is 11.7. The molecule has 1 fully saturated rings. The number of rotatable bonds is 8. The van der Waals surface area contributed by atoms with Crippen molar-refractivity contribution in [3.05, 3.63) is 22.3 Å². The van der Waals surface area contributed by atoms with Gasteiger partial charge in [0.25, 0.3) is 4.45 Å². The van der Waals surface area contributed by atoms with Crippen LogP contribution in [-0.4, -0.2) is 40.0 Å². The van der Waals surface area contributed by atoms with Crippen LogP contribution < -0.4 is 0 Å². The molecular formula is C12H17BrCl2NO5P. The summed E-state index contributed by atoms with van der Waals surface area (Å²) in [6.07, 6.45) is 5.07. The molecule has 4 unspecified atom stereocenters.